The van der Waals surface area contributed by atoms with E-state index in [4.69, 9.17) is 4.74 Å². The second-order valence-corrected chi connectivity index (χ2v) is 8.87. The Balaban J connectivity index is 1.47. The van der Waals surface area contributed by atoms with E-state index in [1.807, 2.05) is 12.1 Å². The first-order valence-electron chi connectivity index (χ1n) is 11.5. The van der Waals surface area contributed by atoms with Crippen molar-refractivity contribution in [2.45, 2.75) is 46.3 Å². The van der Waals surface area contributed by atoms with Crippen molar-refractivity contribution in [3.05, 3.63) is 71.1 Å². The molecule has 1 aliphatic heterocycles. The molecule has 2 aromatic heterocycles. The highest BCUT2D eigenvalue weighted by atomic mass is 16.5. The molecule has 0 aliphatic carbocycles. The topological polar surface area (TPSA) is 85.2 Å². The van der Waals surface area contributed by atoms with Crippen LogP contribution in [-0.4, -0.2) is 50.8 Å². The summed E-state index contributed by atoms with van der Waals surface area (Å²) in [4.78, 5) is 19.4. The van der Waals surface area contributed by atoms with Gasteiger partial charge < -0.3 is 14.6 Å². The van der Waals surface area contributed by atoms with Gasteiger partial charge in [-0.15, -0.1) is 10.2 Å². The maximum absolute atomic E-state index is 12.8. The molecule has 4 rings (SSSR count). The Morgan fingerprint density at radius 2 is 2.00 bits per heavy atom. The van der Waals surface area contributed by atoms with E-state index in [9.17, 15) is 4.79 Å². The molecule has 8 nitrogen and oxygen atoms in total. The highest BCUT2D eigenvalue weighted by molar-refractivity contribution is 5.92. The molecule has 1 aliphatic rings. The lowest BCUT2D eigenvalue weighted by Gasteiger charge is -2.23. The number of aryl methyl sites for hydroxylation is 1. The third-order valence-electron chi connectivity index (χ3n) is 6.14. The number of benzene rings is 1. The quantitative estimate of drug-likeness (QED) is 0.598. The summed E-state index contributed by atoms with van der Waals surface area (Å²) in [5, 5.41) is 12.1. The van der Waals surface area contributed by atoms with Crippen LogP contribution in [0.5, 0.6) is 5.75 Å². The molecule has 8 heteroatoms. The van der Waals surface area contributed by atoms with Gasteiger partial charge in [0.1, 0.15) is 17.3 Å². The summed E-state index contributed by atoms with van der Waals surface area (Å²) in [6, 6.07) is 11.4. The first-order chi connectivity index (χ1) is 16.0. The lowest BCUT2D eigenvalue weighted by Crippen LogP contribution is -2.34. The second kappa shape index (κ2) is 10.1. The highest BCUT2D eigenvalue weighted by Gasteiger charge is 2.28. The van der Waals surface area contributed by atoms with E-state index in [2.05, 4.69) is 62.9 Å². The smallest absolute Gasteiger partial charge is 0.270 e. The zero-order valence-electron chi connectivity index (χ0n) is 19.8. The van der Waals surface area contributed by atoms with Gasteiger partial charge in [0.05, 0.1) is 13.2 Å². The summed E-state index contributed by atoms with van der Waals surface area (Å²) in [6.45, 7) is 9.71. The number of hydrogen-bond donors (Lipinski definition) is 1. The van der Waals surface area contributed by atoms with Crippen LogP contribution in [0.25, 0.3) is 0 Å². The fraction of sp³-hybridized carbons (Fsp3) is 0.440. The lowest BCUT2D eigenvalue weighted by molar-refractivity contribution is 0.0916. The van der Waals surface area contributed by atoms with Crippen LogP contribution >= 0.6 is 0 Å². The van der Waals surface area contributed by atoms with Crippen molar-refractivity contribution in [3.8, 4) is 5.75 Å². The summed E-state index contributed by atoms with van der Waals surface area (Å²) in [7, 11) is 1.70. The molecular weight excluding hydrogens is 416 g/mol. The fourth-order valence-electron chi connectivity index (χ4n) is 4.32. The Bertz CT molecular complexity index is 1100. The molecule has 3 aromatic rings. The van der Waals surface area contributed by atoms with E-state index in [0.29, 0.717) is 5.69 Å². The molecule has 0 saturated heterocycles. The fourth-order valence-corrected chi connectivity index (χ4v) is 4.32. The summed E-state index contributed by atoms with van der Waals surface area (Å²) < 4.78 is 7.57. The van der Waals surface area contributed by atoms with Crippen molar-refractivity contribution < 1.29 is 9.53 Å². The van der Waals surface area contributed by atoms with Crippen LogP contribution in [0.15, 0.2) is 42.6 Å². The maximum atomic E-state index is 12.8. The Kier molecular flexibility index (Phi) is 7.03. The van der Waals surface area contributed by atoms with E-state index >= 15 is 0 Å². The number of carbonyl (C=O) groups is 1. The largest absolute Gasteiger partial charge is 0.496 e. The number of nitrogens with zero attached hydrogens (tertiary/aromatic N) is 5. The SMILES string of the molecule is COc1ccc(CN2CCc3nnc(C(NC(=O)c4ccccn4)C(C)C)n3CC2)cc1C. The van der Waals surface area contributed by atoms with Gasteiger partial charge in [-0.3, -0.25) is 14.7 Å². The zero-order valence-corrected chi connectivity index (χ0v) is 19.8. The molecule has 0 radical (unpaired) electrons. The molecule has 174 valence electrons. The average Bonchev–Trinajstić information content (AvgIpc) is 3.11. The predicted molar refractivity (Wildman–Crippen MR) is 126 cm³/mol. The van der Waals surface area contributed by atoms with Gasteiger partial charge in [-0.25, -0.2) is 0 Å². The Morgan fingerprint density at radius 1 is 1.15 bits per heavy atom. The van der Waals surface area contributed by atoms with Gasteiger partial charge in [0.25, 0.3) is 5.91 Å². The number of amides is 1. The van der Waals surface area contributed by atoms with Crippen LogP contribution < -0.4 is 10.1 Å². The van der Waals surface area contributed by atoms with E-state index in [0.717, 1.165) is 55.6 Å². The van der Waals surface area contributed by atoms with Crippen molar-refractivity contribution in [2.24, 2.45) is 5.92 Å². The van der Waals surface area contributed by atoms with Crippen molar-refractivity contribution in [1.82, 2.24) is 30.0 Å². The van der Waals surface area contributed by atoms with E-state index in [-0.39, 0.29) is 17.9 Å². The maximum Gasteiger partial charge on any atom is 0.270 e. The molecule has 0 spiro atoms. The molecule has 0 fully saturated rings. The van der Waals surface area contributed by atoms with Gasteiger partial charge in [-0.1, -0.05) is 32.0 Å². The minimum Gasteiger partial charge on any atom is -0.496 e. The normalized spacial score (nSPS) is 15.1. The molecule has 1 atom stereocenters. The molecule has 1 amide bonds. The van der Waals surface area contributed by atoms with Gasteiger partial charge in [0.15, 0.2) is 5.82 Å². The molecule has 3 heterocycles. The first-order valence-corrected chi connectivity index (χ1v) is 11.5. The number of fused-ring (bicyclic) bond motifs is 1. The lowest BCUT2D eigenvalue weighted by atomic mass is 10.0. The predicted octanol–water partition coefficient (Wildman–Crippen LogP) is 3.18. The van der Waals surface area contributed by atoms with Gasteiger partial charge in [0, 0.05) is 38.8 Å². The molecule has 1 N–H and O–H groups in total. The molecule has 0 saturated carbocycles. The van der Waals surface area contributed by atoms with Crippen LogP contribution in [0.1, 0.15) is 53.2 Å². The van der Waals surface area contributed by atoms with Crippen molar-refractivity contribution >= 4 is 5.91 Å². The summed E-state index contributed by atoms with van der Waals surface area (Å²) in [5.41, 5.74) is 2.82. The highest BCUT2D eigenvalue weighted by Crippen LogP contribution is 2.24. The van der Waals surface area contributed by atoms with Gasteiger partial charge >= 0.3 is 0 Å². The number of carbonyl (C=O) groups excluding carboxylic acids is 1. The third kappa shape index (κ3) is 5.22. The molecule has 1 aromatic carbocycles. The van der Waals surface area contributed by atoms with Crippen molar-refractivity contribution in [1.29, 1.82) is 0 Å². The minimum atomic E-state index is -0.239. The zero-order chi connectivity index (χ0) is 23.4. The number of hydrogen-bond acceptors (Lipinski definition) is 6. The van der Waals surface area contributed by atoms with Gasteiger partial charge in [-0.2, -0.15) is 0 Å². The first kappa shape index (κ1) is 22.9. The van der Waals surface area contributed by atoms with Crippen LogP contribution in [0.2, 0.25) is 0 Å². The van der Waals surface area contributed by atoms with E-state index in [1.54, 1.807) is 25.4 Å². The number of rotatable bonds is 7. The Hall–Kier alpha value is -3.26. The van der Waals surface area contributed by atoms with Crippen LogP contribution in [-0.2, 0) is 19.5 Å². The summed E-state index contributed by atoms with van der Waals surface area (Å²) in [5.74, 6) is 2.66. The molecule has 1 unspecified atom stereocenters. The average molecular weight is 449 g/mol. The summed E-state index contributed by atoms with van der Waals surface area (Å²) in [6.07, 6.45) is 2.45. The summed E-state index contributed by atoms with van der Waals surface area (Å²) >= 11 is 0. The Labute approximate surface area is 195 Å². The number of nitrogens with one attached hydrogen (secondary N) is 1. The number of methoxy groups -OCH3 is 1. The van der Waals surface area contributed by atoms with Crippen LogP contribution in [0.3, 0.4) is 0 Å². The van der Waals surface area contributed by atoms with Gasteiger partial charge in [0.2, 0.25) is 0 Å². The molecular formula is C25H32N6O2. The van der Waals surface area contributed by atoms with Crippen LogP contribution in [0, 0.1) is 12.8 Å². The third-order valence-corrected chi connectivity index (χ3v) is 6.14. The number of ether oxygens (including phenoxy) is 1. The van der Waals surface area contributed by atoms with Gasteiger partial charge in [-0.05, 0) is 42.2 Å². The Morgan fingerprint density at radius 3 is 2.70 bits per heavy atom. The monoisotopic (exact) mass is 448 g/mol. The number of aromatic nitrogens is 4. The molecule has 33 heavy (non-hydrogen) atoms. The number of pyridine rings is 1. The van der Waals surface area contributed by atoms with Crippen molar-refractivity contribution in [3.63, 3.8) is 0 Å². The van der Waals surface area contributed by atoms with Crippen LogP contribution in [0.4, 0.5) is 0 Å². The second-order valence-electron chi connectivity index (χ2n) is 8.87. The van der Waals surface area contributed by atoms with E-state index < -0.39 is 0 Å². The molecule has 0 bridgehead atoms. The van der Waals surface area contributed by atoms with E-state index in [1.165, 1.54) is 5.56 Å². The standard InChI is InChI=1S/C25H32N6O2/c1-17(2)23(27-25(32)20-7-5-6-11-26-20)24-29-28-22-10-12-30(13-14-31(22)24)16-19-8-9-21(33-4)18(3)15-19/h5-9,11,15,17,23H,10,12-14,16H2,1-4H3,(H,27,32). The minimum absolute atomic E-state index is 0.160. The van der Waals surface area contributed by atoms with Crippen molar-refractivity contribution in [2.75, 3.05) is 20.2 Å².